The number of carbonyl (C=O) groups is 2. The molecule has 5 nitrogen and oxygen atoms in total. The van der Waals surface area contributed by atoms with Gasteiger partial charge in [-0.1, -0.05) is 36.4 Å². The number of urea groups is 1. The highest BCUT2D eigenvalue weighted by atomic mass is 16.2. The lowest BCUT2D eigenvalue weighted by atomic mass is 9.95. The van der Waals surface area contributed by atoms with Gasteiger partial charge < -0.3 is 15.1 Å². The molecule has 0 aliphatic carbocycles. The molecule has 2 aromatic rings. The highest BCUT2D eigenvalue weighted by Gasteiger charge is 2.30. The number of para-hydroxylation sites is 2. The van der Waals surface area contributed by atoms with Crippen LogP contribution in [-0.4, -0.2) is 36.5 Å². The van der Waals surface area contributed by atoms with Crippen molar-refractivity contribution in [2.45, 2.75) is 19.8 Å². The Hall–Kier alpha value is -2.82. The van der Waals surface area contributed by atoms with Gasteiger partial charge in [0.1, 0.15) is 0 Å². The summed E-state index contributed by atoms with van der Waals surface area (Å²) in [5.41, 5.74) is 1.72. The summed E-state index contributed by atoms with van der Waals surface area (Å²) in [4.78, 5) is 28.9. The van der Waals surface area contributed by atoms with Crippen molar-refractivity contribution in [3.05, 3.63) is 60.7 Å². The van der Waals surface area contributed by atoms with Gasteiger partial charge in [0.05, 0.1) is 0 Å². The van der Waals surface area contributed by atoms with Crippen molar-refractivity contribution in [1.29, 1.82) is 0 Å². The molecule has 0 bridgehead atoms. The highest BCUT2D eigenvalue weighted by Crippen LogP contribution is 2.24. The van der Waals surface area contributed by atoms with Crippen LogP contribution in [0.2, 0.25) is 0 Å². The number of nitrogens with one attached hydrogen (secondary N) is 1. The maximum absolute atomic E-state index is 12.9. The van der Waals surface area contributed by atoms with Gasteiger partial charge in [0, 0.05) is 36.9 Å². The average Bonchev–Trinajstić information content (AvgIpc) is 2.70. The number of hydrogen-bond donors (Lipinski definition) is 1. The number of nitrogens with zero attached hydrogens (tertiary/aromatic N) is 2. The molecule has 3 rings (SSSR count). The lowest BCUT2D eigenvalue weighted by Gasteiger charge is -2.34. The number of likely N-dealkylation sites (tertiary alicyclic amines) is 1. The Morgan fingerprint density at radius 1 is 1.00 bits per heavy atom. The number of carbonyl (C=O) groups excluding carboxylic acids is 2. The zero-order valence-corrected chi connectivity index (χ0v) is 15.1. The van der Waals surface area contributed by atoms with Gasteiger partial charge in [0.15, 0.2) is 0 Å². The first-order valence-corrected chi connectivity index (χ1v) is 9.16. The van der Waals surface area contributed by atoms with Gasteiger partial charge in [-0.15, -0.1) is 0 Å². The monoisotopic (exact) mass is 351 g/mol. The lowest BCUT2D eigenvalue weighted by Crippen LogP contribution is -2.45. The number of piperidine rings is 1. The van der Waals surface area contributed by atoms with E-state index in [0.717, 1.165) is 11.4 Å². The Kier molecular flexibility index (Phi) is 5.89. The van der Waals surface area contributed by atoms with E-state index in [4.69, 9.17) is 0 Å². The molecule has 1 aliphatic heterocycles. The van der Waals surface area contributed by atoms with Gasteiger partial charge in [0.25, 0.3) is 0 Å². The van der Waals surface area contributed by atoms with Crippen molar-refractivity contribution in [2.75, 3.05) is 29.9 Å². The molecule has 1 heterocycles. The molecule has 0 aromatic heterocycles. The Labute approximate surface area is 154 Å². The van der Waals surface area contributed by atoms with Crippen LogP contribution in [0.3, 0.4) is 0 Å². The van der Waals surface area contributed by atoms with E-state index in [9.17, 15) is 9.59 Å². The number of benzene rings is 2. The first kappa shape index (κ1) is 18.0. The maximum atomic E-state index is 12.9. The average molecular weight is 351 g/mol. The van der Waals surface area contributed by atoms with E-state index in [-0.39, 0.29) is 17.9 Å². The largest absolute Gasteiger partial charge is 0.324 e. The summed E-state index contributed by atoms with van der Waals surface area (Å²) in [6.07, 6.45) is 1.40. The van der Waals surface area contributed by atoms with Crippen LogP contribution < -0.4 is 10.2 Å². The third kappa shape index (κ3) is 4.23. The molecule has 0 saturated carbocycles. The van der Waals surface area contributed by atoms with Crippen molar-refractivity contribution in [1.82, 2.24) is 4.90 Å². The van der Waals surface area contributed by atoms with Gasteiger partial charge >= 0.3 is 6.03 Å². The molecule has 1 saturated heterocycles. The molecule has 0 radical (unpaired) electrons. The van der Waals surface area contributed by atoms with E-state index in [2.05, 4.69) is 5.32 Å². The standard InChI is InChI=1S/C21H25N3O2/c1-2-24(19-11-7-4-8-12-19)20(25)17-13-15-23(16-14-17)21(26)22-18-9-5-3-6-10-18/h3-12,17H,2,13-16H2,1H3,(H,22,26). The van der Waals surface area contributed by atoms with Crippen LogP contribution in [-0.2, 0) is 4.79 Å². The molecule has 0 unspecified atom stereocenters. The van der Waals surface area contributed by atoms with E-state index in [0.29, 0.717) is 32.5 Å². The Morgan fingerprint density at radius 2 is 1.58 bits per heavy atom. The molecule has 136 valence electrons. The summed E-state index contributed by atoms with van der Waals surface area (Å²) >= 11 is 0. The first-order chi connectivity index (χ1) is 12.7. The number of hydrogen-bond acceptors (Lipinski definition) is 2. The summed E-state index contributed by atoms with van der Waals surface area (Å²) in [6, 6.07) is 19.1. The van der Waals surface area contributed by atoms with Crippen LogP contribution in [0.25, 0.3) is 0 Å². The van der Waals surface area contributed by atoms with Gasteiger partial charge in [-0.05, 0) is 44.0 Å². The topological polar surface area (TPSA) is 52.7 Å². The fourth-order valence-electron chi connectivity index (χ4n) is 3.35. The number of amides is 3. The Balaban J connectivity index is 1.56. The fraction of sp³-hybridized carbons (Fsp3) is 0.333. The number of anilines is 2. The van der Waals surface area contributed by atoms with Crippen LogP contribution in [0, 0.1) is 5.92 Å². The molecule has 2 aromatic carbocycles. The normalized spacial score (nSPS) is 14.7. The Morgan fingerprint density at radius 3 is 2.15 bits per heavy atom. The van der Waals surface area contributed by atoms with Crippen molar-refractivity contribution in [3.8, 4) is 0 Å². The van der Waals surface area contributed by atoms with Crippen LogP contribution in [0.15, 0.2) is 60.7 Å². The molecular weight excluding hydrogens is 326 g/mol. The zero-order chi connectivity index (χ0) is 18.4. The van der Waals surface area contributed by atoms with E-state index >= 15 is 0 Å². The molecule has 1 N–H and O–H groups in total. The van der Waals surface area contributed by atoms with E-state index in [1.54, 1.807) is 4.90 Å². The summed E-state index contributed by atoms with van der Waals surface area (Å²) in [5, 5.41) is 2.91. The third-order valence-corrected chi connectivity index (χ3v) is 4.81. The van der Waals surface area contributed by atoms with Crippen molar-refractivity contribution in [3.63, 3.8) is 0 Å². The second-order valence-corrected chi connectivity index (χ2v) is 6.48. The lowest BCUT2D eigenvalue weighted by molar-refractivity contribution is -0.123. The van der Waals surface area contributed by atoms with Gasteiger partial charge in [-0.2, -0.15) is 0 Å². The SMILES string of the molecule is CCN(C(=O)C1CCN(C(=O)Nc2ccccc2)CC1)c1ccccc1. The predicted molar refractivity (Wildman–Crippen MR) is 104 cm³/mol. The van der Waals surface area contributed by atoms with E-state index in [1.807, 2.05) is 72.5 Å². The molecule has 0 atom stereocenters. The van der Waals surface area contributed by atoms with Crippen molar-refractivity contribution in [2.24, 2.45) is 5.92 Å². The van der Waals surface area contributed by atoms with Crippen LogP contribution in [0.4, 0.5) is 16.2 Å². The van der Waals surface area contributed by atoms with Crippen LogP contribution >= 0.6 is 0 Å². The fourth-order valence-corrected chi connectivity index (χ4v) is 3.35. The summed E-state index contributed by atoms with van der Waals surface area (Å²) < 4.78 is 0. The molecule has 3 amide bonds. The predicted octanol–water partition coefficient (Wildman–Crippen LogP) is 3.98. The molecule has 1 aliphatic rings. The van der Waals surface area contributed by atoms with Crippen LogP contribution in [0.5, 0.6) is 0 Å². The summed E-state index contributed by atoms with van der Waals surface area (Å²) in [6.45, 7) is 3.84. The summed E-state index contributed by atoms with van der Waals surface area (Å²) in [5.74, 6) is 0.123. The molecule has 1 fully saturated rings. The number of rotatable bonds is 4. The van der Waals surface area contributed by atoms with E-state index in [1.165, 1.54) is 0 Å². The maximum Gasteiger partial charge on any atom is 0.321 e. The smallest absolute Gasteiger partial charge is 0.321 e. The van der Waals surface area contributed by atoms with Gasteiger partial charge in [0.2, 0.25) is 5.91 Å². The third-order valence-electron chi connectivity index (χ3n) is 4.81. The second kappa shape index (κ2) is 8.52. The molecule has 26 heavy (non-hydrogen) atoms. The van der Waals surface area contributed by atoms with Gasteiger partial charge in [-0.25, -0.2) is 4.79 Å². The molecule has 5 heteroatoms. The molecule has 0 spiro atoms. The van der Waals surface area contributed by atoms with E-state index < -0.39 is 0 Å². The quantitative estimate of drug-likeness (QED) is 0.906. The molecular formula is C21H25N3O2. The zero-order valence-electron chi connectivity index (χ0n) is 15.1. The van der Waals surface area contributed by atoms with Crippen molar-refractivity contribution < 1.29 is 9.59 Å². The van der Waals surface area contributed by atoms with Crippen molar-refractivity contribution >= 4 is 23.3 Å². The summed E-state index contributed by atoms with van der Waals surface area (Å²) in [7, 11) is 0. The highest BCUT2D eigenvalue weighted by molar-refractivity contribution is 5.95. The first-order valence-electron chi connectivity index (χ1n) is 9.16. The minimum absolute atomic E-state index is 0.0315. The minimum Gasteiger partial charge on any atom is -0.324 e. The second-order valence-electron chi connectivity index (χ2n) is 6.48. The minimum atomic E-state index is -0.0995. The Bertz CT molecular complexity index is 725. The van der Waals surface area contributed by atoms with Gasteiger partial charge in [-0.3, -0.25) is 4.79 Å². The van der Waals surface area contributed by atoms with Crippen LogP contribution in [0.1, 0.15) is 19.8 Å².